The van der Waals surface area contributed by atoms with Gasteiger partial charge in [0.05, 0.1) is 12.5 Å². The zero-order chi connectivity index (χ0) is 22.7. The van der Waals surface area contributed by atoms with Crippen molar-refractivity contribution < 1.29 is 19.8 Å². The van der Waals surface area contributed by atoms with E-state index in [1.165, 1.54) is 0 Å². The Labute approximate surface area is 187 Å². The number of carbonyl (C=O) groups excluding carboxylic acids is 1. The third-order valence-electron chi connectivity index (χ3n) is 6.70. The molecule has 2 saturated carbocycles. The van der Waals surface area contributed by atoms with Crippen LogP contribution in [-0.2, 0) is 11.2 Å². The molecule has 0 spiro atoms. The van der Waals surface area contributed by atoms with Gasteiger partial charge in [0.2, 0.25) is 5.91 Å². The SMILES string of the molecule is Cc1ccc(CC(=O)Nc2cc([C@@H]3CC[C@H](N(C(=O)O)[C@H]4CC[C@@H](O)CC4)C3)[nH]n2)nc1. The van der Waals surface area contributed by atoms with Crippen LogP contribution in [-0.4, -0.2) is 60.5 Å². The molecule has 9 heteroatoms. The molecule has 2 heterocycles. The van der Waals surface area contributed by atoms with E-state index in [9.17, 15) is 19.8 Å². The fourth-order valence-corrected chi connectivity index (χ4v) is 5.00. The highest BCUT2D eigenvalue weighted by Gasteiger charge is 2.38. The van der Waals surface area contributed by atoms with E-state index < -0.39 is 6.09 Å². The van der Waals surface area contributed by atoms with Crippen LogP contribution in [0.5, 0.6) is 0 Å². The van der Waals surface area contributed by atoms with E-state index >= 15 is 0 Å². The fourth-order valence-electron chi connectivity index (χ4n) is 5.00. The molecule has 2 atom stereocenters. The number of carbonyl (C=O) groups is 2. The summed E-state index contributed by atoms with van der Waals surface area (Å²) in [6, 6.07) is 5.55. The monoisotopic (exact) mass is 441 g/mol. The lowest BCUT2D eigenvalue weighted by molar-refractivity contribution is -0.115. The van der Waals surface area contributed by atoms with Crippen molar-refractivity contribution in [2.75, 3.05) is 5.32 Å². The quantitative estimate of drug-likeness (QED) is 0.544. The summed E-state index contributed by atoms with van der Waals surface area (Å²) < 4.78 is 0. The molecule has 4 N–H and O–H groups in total. The maximum Gasteiger partial charge on any atom is 0.407 e. The number of aromatic nitrogens is 3. The molecule has 0 saturated heterocycles. The lowest BCUT2D eigenvalue weighted by Crippen LogP contribution is -2.47. The minimum atomic E-state index is -0.876. The molecule has 0 aromatic carbocycles. The van der Waals surface area contributed by atoms with Gasteiger partial charge >= 0.3 is 6.09 Å². The van der Waals surface area contributed by atoms with Crippen LogP contribution in [0.2, 0.25) is 0 Å². The van der Waals surface area contributed by atoms with Crippen molar-refractivity contribution in [3.05, 3.63) is 41.3 Å². The number of aliphatic hydroxyl groups excluding tert-OH is 1. The van der Waals surface area contributed by atoms with Gasteiger partial charge in [-0.05, 0) is 63.5 Å². The van der Waals surface area contributed by atoms with Gasteiger partial charge in [0.15, 0.2) is 5.82 Å². The standard InChI is InChI=1S/C23H31N5O4/c1-14-2-4-16(24-13-14)11-22(30)25-21-12-20(26-27-21)15-3-5-18(10-15)28(23(31)32)17-6-8-19(29)9-7-17/h2,4,12-13,15,17-19,29H,3,5-11H2,1H3,(H,31,32)(H2,25,26,27,30)/t15-,17-,18+,19+/m1/s1. The van der Waals surface area contributed by atoms with Crippen LogP contribution < -0.4 is 5.32 Å². The summed E-state index contributed by atoms with van der Waals surface area (Å²) in [5, 5.41) is 29.6. The normalized spacial score (nSPS) is 25.4. The number of aryl methyl sites for hydroxylation is 1. The summed E-state index contributed by atoms with van der Waals surface area (Å²) in [6.45, 7) is 1.95. The number of rotatable bonds is 6. The zero-order valence-electron chi connectivity index (χ0n) is 18.3. The third-order valence-corrected chi connectivity index (χ3v) is 6.70. The molecule has 2 aliphatic rings. The predicted molar refractivity (Wildman–Crippen MR) is 118 cm³/mol. The summed E-state index contributed by atoms with van der Waals surface area (Å²) in [6.07, 6.45) is 5.88. The smallest absolute Gasteiger partial charge is 0.407 e. The molecule has 2 aromatic rings. The van der Waals surface area contributed by atoms with Crippen molar-refractivity contribution in [1.29, 1.82) is 0 Å². The lowest BCUT2D eigenvalue weighted by Gasteiger charge is -2.37. The van der Waals surface area contributed by atoms with E-state index in [2.05, 4.69) is 20.5 Å². The number of nitrogens with one attached hydrogen (secondary N) is 2. The molecule has 9 nitrogen and oxygen atoms in total. The Balaban J connectivity index is 1.33. The highest BCUT2D eigenvalue weighted by Crippen LogP contribution is 2.39. The van der Waals surface area contributed by atoms with E-state index in [1.807, 2.05) is 25.1 Å². The van der Waals surface area contributed by atoms with E-state index in [4.69, 9.17) is 0 Å². The summed E-state index contributed by atoms with van der Waals surface area (Å²) in [7, 11) is 0. The highest BCUT2D eigenvalue weighted by atomic mass is 16.4. The van der Waals surface area contributed by atoms with E-state index in [0.29, 0.717) is 37.2 Å². The highest BCUT2D eigenvalue weighted by molar-refractivity contribution is 5.91. The molecule has 32 heavy (non-hydrogen) atoms. The molecule has 2 aromatic heterocycles. The Morgan fingerprint density at radius 3 is 2.59 bits per heavy atom. The van der Waals surface area contributed by atoms with Gasteiger partial charge < -0.3 is 20.4 Å². The maximum absolute atomic E-state index is 12.3. The molecule has 2 amide bonds. The molecule has 4 rings (SSSR count). The van der Waals surface area contributed by atoms with Crippen LogP contribution in [0.15, 0.2) is 24.4 Å². The lowest BCUT2D eigenvalue weighted by atomic mass is 9.91. The molecule has 172 valence electrons. The van der Waals surface area contributed by atoms with Gasteiger partial charge in [0, 0.05) is 41.7 Å². The van der Waals surface area contributed by atoms with Crippen LogP contribution in [0.1, 0.15) is 67.8 Å². The average Bonchev–Trinajstić information content (AvgIpc) is 3.41. The van der Waals surface area contributed by atoms with Crippen LogP contribution in [0.3, 0.4) is 0 Å². The molecule has 0 bridgehead atoms. The second kappa shape index (κ2) is 9.68. The van der Waals surface area contributed by atoms with Gasteiger partial charge in [0.25, 0.3) is 0 Å². The van der Waals surface area contributed by atoms with Crippen molar-refractivity contribution in [2.24, 2.45) is 0 Å². The van der Waals surface area contributed by atoms with Crippen molar-refractivity contribution in [3.8, 4) is 0 Å². The van der Waals surface area contributed by atoms with Gasteiger partial charge in [-0.1, -0.05) is 6.07 Å². The number of aliphatic hydroxyl groups is 1. The van der Waals surface area contributed by atoms with Gasteiger partial charge in [0.1, 0.15) is 0 Å². The van der Waals surface area contributed by atoms with Gasteiger partial charge in [-0.15, -0.1) is 0 Å². The fraction of sp³-hybridized carbons (Fsp3) is 0.565. The molecule has 0 unspecified atom stereocenters. The van der Waals surface area contributed by atoms with E-state index in [0.717, 1.165) is 30.5 Å². The molecular weight excluding hydrogens is 410 g/mol. The topological polar surface area (TPSA) is 131 Å². The average molecular weight is 442 g/mol. The van der Waals surface area contributed by atoms with Gasteiger partial charge in [-0.2, -0.15) is 5.10 Å². The number of aromatic amines is 1. The number of amides is 2. The number of H-pyrrole nitrogens is 1. The van der Waals surface area contributed by atoms with Crippen LogP contribution >= 0.6 is 0 Å². The number of carboxylic acid groups (broad SMARTS) is 1. The van der Waals surface area contributed by atoms with Crippen LogP contribution in [0, 0.1) is 6.92 Å². The van der Waals surface area contributed by atoms with Crippen molar-refractivity contribution in [1.82, 2.24) is 20.1 Å². The van der Waals surface area contributed by atoms with Gasteiger partial charge in [-0.3, -0.25) is 14.9 Å². The summed E-state index contributed by atoms with van der Waals surface area (Å²) in [4.78, 5) is 30.2. The Morgan fingerprint density at radius 2 is 1.91 bits per heavy atom. The first-order valence-corrected chi connectivity index (χ1v) is 11.3. The number of nitrogens with zero attached hydrogens (tertiary/aromatic N) is 3. The first-order valence-electron chi connectivity index (χ1n) is 11.3. The van der Waals surface area contributed by atoms with Crippen molar-refractivity contribution in [3.63, 3.8) is 0 Å². The Kier molecular flexibility index (Phi) is 6.74. The van der Waals surface area contributed by atoms with Gasteiger partial charge in [-0.25, -0.2) is 4.79 Å². The number of hydrogen-bond donors (Lipinski definition) is 4. The molecular formula is C23H31N5O4. The van der Waals surface area contributed by atoms with Crippen molar-refractivity contribution in [2.45, 2.75) is 82.4 Å². The number of anilines is 1. The molecule has 0 aliphatic heterocycles. The second-order valence-corrected chi connectivity index (χ2v) is 9.08. The zero-order valence-corrected chi connectivity index (χ0v) is 18.3. The molecule has 2 aliphatic carbocycles. The Morgan fingerprint density at radius 1 is 1.16 bits per heavy atom. The Bertz CT molecular complexity index is 936. The summed E-state index contributed by atoms with van der Waals surface area (Å²) in [5.41, 5.74) is 2.66. The first-order chi connectivity index (χ1) is 15.4. The van der Waals surface area contributed by atoms with Crippen LogP contribution in [0.4, 0.5) is 10.6 Å². The Hall–Kier alpha value is -2.94. The summed E-state index contributed by atoms with van der Waals surface area (Å²) >= 11 is 0. The second-order valence-electron chi connectivity index (χ2n) is 9.08. The molecule has 0 radical (unpaired) electrons. The maximum atomic E-state index is 12.3. The largest absolute Gasteiger partial charge is 0.465 e. The van der Waals surface area contributed by atoms with Crippen molar-refractivity contribution >= 4 is 17.8 Å². The molecule has 2 fully saturated rings. The number of pyridine rings is 1. The van der Waals surface area contributed by atoms with E-state index in [1.54, 1.807) is 11.1 Å². The minimum Gasteiger partial charge on any atom is -0.465 e. The predicted octanol–water partition coefficient (Wildman–Crippen LogP) is 3.21. The number of hydrogen-bond acceptors (Lipinski definition) is 5. The van der Waals surface area contributed by atoms with Crippen LogP contribution in [0.25, 0.3) is 0 Å². The van der Waals surface area contributed by atoms with E-state index in [-0.39, 0.29) is 36.4 Å². The third kappa shape index (κ3) is 5.27. The minimum absolute atomic E-state index is 0.0216. The summed E-state index contributed by atoms with van der Waals surface area (Å²) in [5.74, 6) is 0.463. The first kappa shape index (κ1) is 22.3.